The molecular formula is C18H29N7O. The summed E-state index contributed by atoms with van der Waals surface area (Å²) in [5.41, 5.74) is 1.12. The lowest BCUT2D eigenvalue weighted by Crippen LogP contribution is -2.36. The molecule has 0 saturated carbocycles. The number of imidazole rings is 1. The van der Waals surface area contributed by atoms with E-state index in [2.05, 4.69) is 41.6 Å². The van der Waals surface area contributed by atoms with Crippen LogP contribution < -0.4 is 0 Å². The van der Waals surface area contributed by atoms with E-state index < -0.39 is 0 Å². The Bertz CT molecular complexity index is 719. The minimum Gasteiger partial charge on any atom is -0.379 e. The normalized spacial score (nSPS) is 22.8. The standard InChI is InChI=1S/C18H29N7O/c1-14-10-19-16(20-14)12-25-5-3-4-15(11-25)18-22-21-17(23(18)2)13-24-6-8-26-9-7-24/h10,15H,3-9,11-13H2,1-2H3,(H,19,20)/t15-/m0/s1. The number of morpholine rings is 1. The van der Waals surface area contributed by atoms with Crippen molar-refractivity contribution in [3.63, 3.8) is 0 Å². The van der Waals surface area contributed by atoms with E-state index in [1.165, 1.54) is 12.8 Å². The van der Waals surface area contributed by atoms with Crippen molar-refractivity contribution in [1.82, 2.24) is 34.5 Å². The average Bonchev–Trinajstić information content (AvgIpc) is 3.22. The molecule has 0 radical (unpaired) electrons. The molecule has 4 rings (SSSR count). The van der Waals surface area contributed by atoms with Crippen molar-refractivity contribution in [2.24, 2.45) is 7.05 Å². The number of hydrogen-bond donors (Lipinski definition) is 1. The second-order valence-corrected chi connectivity index (χ2v) is 7.51. The molecule has 1 N–H and O–H groups in total. The summed E-state index contributed by atoms with van der Waals surface area (Å²) in [5, 5.41) is 9.05. The van der Waals surface area contributed by atoms with Gasteiger partial charge in [0.1, 0.15) is 17.5 Å². The highest BCUT2D eigenvalue weighted by molar-refractivity contribution is 5.05. The number of aryl methyl sites for hydroxylation is 1. The molecule has 8 heteroatoms. The smallest absolute Gasteiger partial charge is 0.146 e. The first kappa shape index (κ1) is 17.6. The first-order valence-corrected chi connectivity index (χ1v) is 9.60. The number of H-pyrrole nitrogens is 1. The molecule has 2 fully saturated rings. The summed E-state index contributed by atoms with van der Waals surface area (Å²) in [6, 6.07) is 0. The Morgan fingerprint density at radius 1 is 1.15 bits per heavy atom. The zero-order valence-corrected chi connectivity index (χ0v) is 15.8. The summed E-state index contributed by atoms with van der Waals surface area (Å²) in [4.78, 5) is 12.7. The minimum atomic E-state index is 0.441. The van der Waals surface area contributed by atoms with Crippen molar-refractivity contribution in [3.05, 3.63) is 29.4 Å². The molecule has 4 heterocycles. The third kappa shape index (κ3) is 3.97. The molecule has 26 heavy (non-hydrogen) atoms. The monoisotopic (exact) mass is 359 g/mol. The molecular weight excluding hydrogens is 330 g/mol. The second-order valence-electron chi connectivity index (χ2n) is 7.51. The fourth-order valence-electron chi connectivity index (χ4n) is 4.00. The molecule has 0 aliphatic carbocycles. The van der Waals surface area contributed by atoms with Gasteiger partial charge in [-0.1, -0.05) is 0 Å². The van der Waals surface area contributed by atoms with E-state index in [-0.39, 0.29) is 0 Å². The maximum absolute atomic E-state index is 5.43. The maximum atomic E-state index is 5.43. The Hall–Kier alpha value is -1.77. The van der Waals surface area contributed by atoms with Crippen LogP contribution in [0.2, 0.25) is 0 Å². The van der Waals surface area contributed by atoms with Gasteiger partial charge in [0, 0.05) is 44.5 Å². The van der Waals surface area contributed by atoms with Crippen LogP contribution in [-0.4, -0.2) is 73.9 Å². The first-order chi connectivity index (χ1) is 12.7. The zero-order valence-electron chi connectivity index (χ0n) is 15.8. The molecule has 2 aromatic heterocycles. The van der Waals surface area contributed by atoms with E-state index in [0.29, 0.717) is 5.92 Å². The number of rotatable bonds is 5. The predicted octanol–water partition coefficient (Wildman–Crippen LogP) is 1.06. The number of nitrogens with zero attached hydrogens (tertiary/aromatic N) is 6. The molecule has 0 spiro atoms. The van der Waals surface area contributed by atoms with Crippen LogP contribution in [0.4, 0.5) is 0 Å². The fraction of sp³-hybridized carbons (Fsp3) is 0.722. The van der Waals surface area contributed by atoms with Crippen molar-refractivity contribution in [2.45, 2.75) is 38.8 Å². The highest BCUT2D eigenvalue weighted by Crippen LogP contribution is 2.26. The summed E-state index contributed by atoms with van der Waals surface area (Å²) in [5.74, 6) is 3.67. The fourth-order valence-corrected chi connectivity index (χ4v) is 4.00. The van der Waals surface area contributed by atoms with Gasteiger partial charge in [0.25, 0.3) is 0 Å². The van der Waals surface area contributed by atoms with Crippen molar-refractivity contribution in [2.75, 3.05) is 39.4 Å². The Morgan fingerprint density at radius 3 is 2.77 bits per heavy atom. The Kier molecular flexibility index (Phi) is 5.33. The van der Waals surface area contributed by atoms with Crippen molar-refractivity contribution in [1.29, 1.82) is 0 Å². The van der Waals surface area contributed by atoms with Gasteiger partial charge < -0.3 is 14.3 Å². The third-order valence-electron chi connectivity index (χ3n) is 5.47. The number of hydrogen-bond acceptors (Lipinski definition) is 6. The molecule has 2 saturated heterocycles. The van der Waals surface area contributed by atoms with E-state index in [9.17, 15) is 0 Å². The number of likely N-dealkylation sites (tertiary alicyclic amines) is 1. The van der Waals surface area contributed by atoms with Crippen LogP contribution in [-0.2, 0) is 24.9 Å². The number of ether oxygens (including phenoxy) is 1. The third-order valence-corrected chi connectivity index (χ3v) is 5.47. The summed E-state index contributed by atoms with van der Waals surface area (Å²) in [6.07, 6.45) is 4.27. The van der Waals surface area contributed by atoms with Crippen LogP contribution in [0.3, 0.4) is 0 Å². The maximum Gasteiger partial charge on any atom is 0.146 e. The van der Waals surface area contributed by atoms with Crippen molar-refractivity contribution in [3.8, 4) is 0 Å². The number of aromatic amines is 1. The molecule has 2 aliphatic heterocycles. The Balaban J connectivity index is 1.40. The van der Waals surface area contributed by atoms with Gasteiger partial charge in [-0.05, 0) is 26.3 Å². The minimum absolute atomic E-state index is 0.441. The van der Waals surface area contributed by atoms with E-state index in [1.54, 1.807) is 0 Å². The van der Waals surface area contributed by atoms with Crippen LogP contribution in [0.5, 0.6) is 0 Å². The molecule has 0 amide bonds. The quantitative estimate of drug-likeness (QED) is 0.860. The largest absolute Gasteiger partial charge is 0.379 e. The predicted molar refractivity (Wildman–Crippen MR) is 97.7 cm³/mol. The van der Waals surface area contributed by atoms with Crippen LogP contribution in [0, 0.1) is 6.92 Å². The summed E-state index contributed by atoms with van der Waals surface area (Å²) < 4.78 is 7.64. The molecule has 0 bridgehead atoms. The first-order valence-electron chi connectivity index (χ1n) is 9.60. The van der Waals surface area contributed by atoms with Crippen LogP contribution >= 0.6 is 0 Å². The van der Waals surface area contributed by atoms with Gasteiger partial charge in [-0.2, -0.15) is 0 Å². The van der Waals surface area contributed by atoms with E-state index >= 15 is 0 Å². The topological polar surface area (TPSA) is 75.1 Å². The van der Waals surface area contributed by atoms with E-state index in [1.807, 2.05) is 13.1 Å². The average molecular weight is 359 g/mol. The van der Waals surface area contributed by atoms with Gasteiger partial charge in [-0.3, -0.25) is 9.80 Å². The lowest BCUT2D eigenvalue weighted by Gasteiger charge is -2.31. The van der Waals surface area contributed by atoms with E-state index in [4.69, 9.17) is 4.74 Å². The zero-order chi connectivity index (χ0) is 17.9. The lowest BCUT2D eigenvalue weighted by molar-refractivity contribution is 0.0326. The summed E-state index contributed by atoms with van der Waals surface area (Å²) >= 11 is 0. The van der Waals surface area contributed by atoms with E-state index in [0.717, 1.165) is 75.6 Å². The van der Waals surface area contributed by atoms with Crippen LogP contribution in [0.1, 0.15) is 41.9 Å². The molecule has 0 unspecified atom stereocenters. The highest BCUT2D eigenvalue weighted by atomic mass is 16.5. The molecule has 2 aliphatic rings. The second kappa shape index (κ2) is 7.85. The van der Waals surface area contributed by atoms with Gasteiger partial charge in [0.15, 0.2) is 0 Å². The van der Waals surface area contributed by atoms with Crippen molar-refractivity contribution >= 4 is 0 Å². The lowest BCUT2D eigenvalue weighted by atomic mass is 9.97. The van der Waals surface area contributed by atoms with Crippen LogP contribution in [0.25, 0.3) is 0 Å². The molecule has 0 aromatic carbocycles. The van der Waals surface area contributed by atoms with Crippen molar-refractivity contribution < 1.29 is 4.74 Å². The molecule has 1 atom stereocenters. The van der Waals surface area contributed by atoms with Crippen LogP contribution in [0.15, 0.2) is 6.20 Å². The SMILES string of the molecule is Cc1cnc(CN2CCC[C@H](c3nnc(CN4CCOCC4)n3C)C2)[nH]1. The highest BCUT2D eigenvalue weighted by Gasteiger charge is 2.27. The summed E-state index contributed by atoms with van der Waals surface area (Å²) in [6.45, 7) is 9.49. The Morgan fingerprint density at radius 2 is 2.00 bits per heavy atom. The summed E-state index contributed by atoms with van der Waals surface area (Å²) in [7, 11) is 2.11. The number of aromatic nitrogens is 5. The van der Waals surface area contributed by atoms with Gasteiger partial charge in [0.2, 0.25) is 0 Å². The molecule has 8 nitrogen and oxygen atoms in total. The van der Waals surface area contributed by atoms with Gasteiger partial charge in [0.05, 0.1) is 26.3 Å². The molecule has 2 aromatic rings. The Labute approximate surface area is 154 Å². The van der Waals surface area contributed by atoms with Gasteiger partial charge >= 0.3 is 0 Å². The number of piperidine rings is 1. The van der Waals surface area contributed by atoms with Gasteiger partial charge in [-0.15, -0.1) is 10.2 Å². The number of nitrogens with one attached hydrogen (secondary N) is 1. The molecule has 142 valence electrons. The van der Waals surface area contributed by atoms with Gasteiger partial charge in [-0.25, -0.2) is 4.98 Å².